The van der Waals surface area contributed by atoms with Crippen molar-refractivity contribution >= 4 is 74.1 Å². The van der Waals surface area contributed by atoms with Gasteiger partial charge in [0.25, 0.3) is 11.1 Å². The molecule has 0 atom stereocenters. The van der Waals surface area contributed by atoms with Crippen LogP contribution in [0.1, 0.15) is 21.5 Å². The molecule has 1 fully saturated rings. The quantitative estimate of drug-likeness (QED) is 0.187. The summed E-state index contributed by atoms with van der Waals surface area (Å²) in [6.45, 7) is 0.102. The highest BCUT2D eigenvalue weighted by molar-refractivity contribution is 9.10. The Morgan fingerprint density at radius 2 is 1.76 bits per heavy atom. The lowest BCUT2D eigenvalue weighted by Gasteiger charge is -2.13. The fraction of sp³-hybridized carbons (Fsp3) is 0.0417. The molecule has 9 heteroatoms. The van der Waals surface area contributed by atoms with Crippen LogP contribution in [0.4, 0.5) is 4.79 Å². The second-order valence-electron chi connectivity index (χ2n) is 6.95. The number of hydrogen-bond acceptors (Lipinski definition) is 5. The van der Waals surface area contributed by atoms with E-state index in [1.807, 2.05) is 0 Å². The Labute approximate surface area is 212 Å². The maximum absolute atomic E-state index is 12.8. The molecule has 4 rings (SSSR count). The number of carbonyl (C=O) groups excluding carboxylic acids is 3. The van der Waals surface area contributed by atoms with Crippen molar-refractivity contribution in [3.63, 3.8) is 0 Å². The van der Waals surface area contributed by atoms with Gasteiger partial charge in [0.15, 0.2) is 0 Å². The fourth-order valence-corrected chi connectivity index (χ4v) is 4.66. The van der Waals surface area contributed by atoms with Crippen molar-refractivity contribution in [1.29, 1.82) is 0 Å². The molecule has 1 aliphatic heterocycles. The summed E-state index contributed by atoms with van der Waals surface area (Å²) in [5, 5.41) is 0.653. The molecule has 0 bridgehead atoms. The number of nitrogens with zero attached hydrogens (tertiary/aromatic N) is 1. The number of esters is 1. The normalized spacial score (nSPS) is 14.8. The summed E-state index contributed by atoms with van der Waals surface area (Å²) >= 11 is 16.3. The van der Waals surface area contributed by atoms with Gasteiger partial charge in [-0.05, 0) is 87.4 Å². The molecule has 3 aromatic rings. The van der Waals surface area contributed by atoms with Gasteiger partial charge >= 0.3 is 5.97 Å². The van der Waals surface area contributed by atoms with Crippen molar-refractivity contribution in [2.75, 3.05) is 0 Å². The standard InChI is InChI=1S/C24H14BrCl2NO4S/c25-18-11-14(5-10-20(18)32-23(30)15-6-8-17(26)9-7-15)12-21-22(29)28(24(31)33-21)13-16-3-1-2-4-19(16)27/h1-12H,13H2/b21-12-. The molecule has 0 spiro atoms. The zero-order valence-electron chi connectivity index (χ0n) is 16.8. The van der Waals surface area contributed by atoms with Gasteiger partial charge in [0.2, 0.25) is 0 Å². The molecule has 0 unspecified atom stereocenters. The molecule has 3 aromatic carbocycles. The maximum Gasteiger partial charge on any atom is 0.343 e. The number of imide groups is 1. The van der Waals surface area contributed by atoms with Crippen LogP contribution >= 0.6 is 50.9 Å². The Bertz CT molecular complexity index is 1290. The predicted molar refractivity (Wildman–Crippen MR) is 134 cm³/mol. The van der Waals surface area contributed by atoms with Crippen LogP contribution in [0.15, 0.2) is 76.1 Å². The van der Waals surface area contributed by atoms with Crippen LogP contribution in [0, 0.1) is 0 Å². The number of benzene rings is 3. The highest BCUT2D eigenvalue weighted by atomic mass is 79.9. The third kappa shape index (κ3) is 5.50. The average Bonchev–Trinajstić information content (AvgIpc) is 3.04. The molecule has 0 N–H and O–H groups in total. The summed E-state index contributed by atoms with van der Waals surface area (Å²) in [6, 6.07) is 18.4. The van der Waals surface area contributed by atoms with Gasteiger partial charge in [-0.25, -0.2) is 4.79 Å². The van der Waals surface area contributed by atoms with E-state index < -0.39 is 5.97 Å². The molecule has 166 valence electrons. The van der Waals surface area contributed by atoms with Crippen molar-refractivity contribution in [2.24, 2.45) is 0 Å². The van der Waals surface area contributed by atoms with Crippen LogP contribution < -0.4 is 4.74 Å². The first-order chi connectivity index (χ1) is 15.8. The lowest BCUT2D eigenvalue weighted by Crippen LogP contribution is -2.27. The number of carbonyl (C=O) groups is 3. The summed E-state index contributed by atoms with van der Waals surface area (Å²) in [7, 11) is 0. The van der Waals surface area contributed by atoms with Crippen LogP contribution in [-0.4, -0.2) is 22.0 Å². The summed E-state index contributed by atoms with van der Waals surface area (Å²) in [4.78, 5) is 39.0. The minimum Gasteiger partial charge on any atom is -0.422 e. The zero-order chi connectivity index (χ0) is 23.5. The smallest absolute Gasteiger partial charge is 0.343 e. The Kier molecular flexibility index (Phi) is 7.24. The van der Waals surface area contributed by atoms with E-state index in [2.05, 4.69) is 15.9 Å². The highest BCUT2D eigenvalue weighted by Gasteiger charge is 2.35. The van der Waals surface area contributed by atoms with Crippen LogP contribution in [0.25, 0.3) is 6.08 Å². The van der Waals surface area contributed by atoms with E-state index in [0.717, 1.165) is 16.7 Å². The molecule has 0 radical (unpaired) electrons. The first-order valence-corrected chi connectivity index (χ1v) is 11.9. The molecule has 1 heterocycles. The van der Waals surface area contributed by atoms with E-state index in [0.29, 0.717) is 41.9 Å². The average molecular weight is 563 g/mol. The lowest BCUT2D eigenvalue weighted by molar-refractivity contribution is -0.123. The van der Waals surface area contributed by atoms with Crippen molar-refractivity contribution in [3.05, 3.63) is 103 Å². The van der Waals surface area contributed by atoms with Gasteiger partial charge in [-0.1, -0.05) is 47.5 Å². The van der Waals surface area contributed by atoms with Crippen LogP contribution in [-0.2, 0) is 11.3 Å². The SMILES string of the molecule is O=C(Oc1ccc(/C=C2\SC(=O)N(Cc3ccccc3Cl)C2=O)cc1Br)c1ccc(Cl)cc1. The molecule has 2 amide bonds. The summed E-state index contributed by atoms with van der Waals surface area (Å²) < 4.78 is 5.95. The van der Waals surface area contributed by atoms with Gasteiger partial charge in [0.05, 0.1) is 21.5 Å². The molecule has 33 heavy (non-hydrogen) atoms. The van der Waals surface area contributed by atoms with Crippen LogP contribution in [0.5, 0.6) is 5.75 Å². The summed E-state index contributed by atoms with van der Waals surface area (Å²) in [6.07, 6.45) is 1.62. The molecule has 5 nitrogen and oxygen atoms in total. The fourth-order valence-electron chi connectivity index (χ4n) is 3.02. The topological polar surface area (TPSA) is 63.7 Å². The van der Waals surface area contributed by atoms with Gasteiger partial charge in [-0.3, -0.25) is 14.5 Å². The Balaban J connectivity index is 1.49. The van der Waals surface area contributed by atoms with E-state index in [1.54, 1.807) is 72.8 Å². The monoisotopic (exact) mass is 561 g/mol. The second-order valence-corrected chi connectivity index (χ2v) is 9.64. The molecular formula is C24H14BrCl2NO4S. The van der Waals surface area contributed by atoms with Gasteiger partial charge in [-0.2, -0.15) is 0 Å². The summed E-state index contributed by atoms with van der Waals surface area (Å²) in [5.41, 5.74) is 1.72. The second kappa shape index (κ2) is 10.1. The van der Waals surface area contributed by atoms with E-state index in [9.17, 15) is 14.4 Å². The molecule has 0 saturated carbocycles. The minimum atomic E-state index is -0.527. The summed E-state index contributed by atoms with van der Waals surface area (Å²) in [5.74, 6) is -0.598. The Morgan fingerprint density at radius 1 is 1.03 bits per heavy atom. The van der Waals surface area contributed by atoms with Crippen molar-refractivity contribution in [3.8, 4) is 5.75 Å². The minimum absolute atomic E-state index is 0.102. The van der Waals surface area contributed by atoms with Crippen LogP contribution in [0.3, 0.4) is 0 Å². The highest BCUT2D eigenvalue weighted by Crippen LogP contribution is 2.35. The van der Waals surface area contributed by atoms with Gasteiger partial charge in [-0.15, -0.1) is 0 Å². The van der Waals surface area contributed by atoms with E-state index in [1.165, 1.54) is 0 Å². The molecular weight excluding hydrogens is 549 g/mol. The van der Waals surface area contributed by atoms with Gasteiger partial charge in [0, 0.05) is 10.0 Å². The first kappa shape index (κ1) is 23.6. The van der Waals surface area contributed by atoms with Crippen LogP contribution in [0.2, 0.25) is 10.0 Å². The molecule has 1 aliphatic rings. The largest absolute Gasteiger partial charge is 0.422 e. The zero-order valence-corrected chi connectivity index (χ0v) is 20.7. The van der Waals surface area contributed by atoms with Crippen molar-refractivity contribution < 1.29 is 19.1 Å². The Hall–Kier alpha value is -2.58. The van der Waals surface area contributed by atoms with E-state index in [-0.39, 0.29) is 17.7 Å². The number of hydrogen-bond donors (Lipinski definition) is 0. The number of rotatable bonds is 5. The predicted octanol–water partition coefficient (Wildman–Crippen LogP) is 7.21. The molecule has 0 aromatic heterocycles. The van der Waals surface area contributed by atoms with Crippen molar-refractivity contribution in [2.45, 2.75) is 6.54 Å². The van der Waals surface area contributed by atoms with Gasteiger partial charge in [0.1, 0.15) is 5.75 Å². The maximum atomic E-state index is 12.8. The molecule has 1 saturated heterocycles. The first-order valence-electron chi connectivity index (χ1n) is 9.58. The number of halogens is 3. The Morgan fingerprint density at radius 3 is 2.45 bits per heavy atom. The molecule has 0 aliphatic carbocycles. The van der Waals surface area contributed by atoms with Crippen molar-refractivity contribution in [1.82, 2.24) is 4.90 Å². The number of amides is 2. The van der Waals surface area contributed by atoms with Gasteiger partial charge < -0.3 is 4.74 Å². The third-order valence-electron chi connectivity index (χ3n) is 4.70. The third-order valence-corrected chi connectivity index (χ3v) is 6.84. The lowest BCUT2D eigenvalue weighted by atomic mass is 10.2. The number of ether oxygens (including phenoxy) is 1. The number of thioether (sulfide) groups is 1. The van der Waals surface area contributed by atoms with E-state index >= 15 is 0 Å². The van der Waals surface area contributed by atoms with E-state index in [4.69, 9.17) is 27.9 Å².